The molecule has 1 fully saturated rings. The summed E-state index contributed by atoms with van der Waals surface area (Å²) >= 11 is 0. The molecule has 3 rings (SSSR count). The second kappa shape index (κ2) is 6.57. The standard InChI is InChI=1S/C19H26N4/c1-13-7-6-10-23(12-13)18-11-15(3)20-19(22-18)21-17-9-5-8-14(2)16(17)4/h5,8-9,11,13H,6-7,10,12H2,1-4H3,(H,20,21,22). The number of aromatic nitrogens is 2. The lowest BCUT2D eigenvalue weighted by atomic mass is 10.0. The van der Waals surface area contributed by atoms with E-state index in [1.54, 1.807) is 0 Å². The van der Waals surface area contributed by atoms with E-state index in [0.717, 1.165) is 36.2 Å². The first-order valence-electron chi connectivity index (χ1n) is 8.47. The van der Waals surface area contributed by atoms with Crippen molar-refractivity contribution < 1.29 is 0 Å². The molecular weight excluding hydrogens is 284 g/mol. The monoisotopic (exact) mass is 310 g/mol. The van der Waals surface area contributed by atoms with Gasteiger partial charge in [-0.25, -0.2) is 4.98 Å². The second-order valence-electron chi connectivity index (χ2n) is 6.76. The summed E-state index contributed by atoms with van der Waals surface area (Å²) in [5.41, 5.74) is 4.59. The van der Waals surface area contributed by atoms with Gasteiger partial charge in [0.1, 0.15) is 5.82 Å². The number of anilines is 3. The van der Waals surface area contributed by atoms with E-state index < -0.39 is 0 Å². The molecule has 2 aromatic rings. The van der Waals surface area contributed by atoms with Crippen LogP contribution in [0, 0.1) is 26.7 Å². The number of aryl methyl sites for hydroxylation is 2. The second-order valence-corrected chi connectivity index (χ2v) is 6.76. The summed E-state index contributed by atoms with van der Waals surface area (Å²) in [6, 6.07) is 8.36. The fraction of sp³-hybridized carbons (Fsp3) is 0.474. The van der Waals surface area contributed by atoms with Crippen LogP contribution in [-0.2, 0) is 0 Å². The lowest BCUT2D eigenvalue weighted by Gasteiger charge is -2.32. The molecule has 1 saturated heterocycles. The van der Waals surface area contributed by atoms with Crippen molar-refractivity contribution in [2.24, 2.45) is 5.92 Å². The third-order valence-corrected chi connectivity index (χ3v) is 4.67. The Labute approximate surface area is 139 Å². The molecule has 0 aliphatic carbocycles. The van der Waals surface area contributed by atoms with Crippen LogP contribution in [0.2, 0.25) is 0 Å². The number of nitrogens with one attached hydrogen (secondary N) is 1. The normalized spacial score (nSPS) is 18.1. The molecule has 0 bridgehead atoms. The fourth-order valence-electron chi connectivity index (χ4n) is 3.17. The van der Waals surface area contributed by atoms with Crippen LogP contribution in [0.15, 0.2) is 24.3 Å². The van der Waals surface area contributed by atoms with Gasteiger partial charge >= 0.3 is 0 Å². The number of hydrogen-bond donors (Lipinski definition) is 1. The first kappa shape index (κ1) is 15.8. The van der Waals surface area contributed by atoms with Gasteiger partial charge in [-0.3, -0.25) is 0 Å². The maximum absolute atomic E-state index is 4.76. The van der Waals surface area contributed by atoms with Gasteiger partial charge in [-0.2, -0.15) is 4.98 Å². The maximum Gasteiger partial charge on any atom is 0.229 e. The Morgan fingerprint density at radius 3 is 2.78 bits per heavy atom. The molecule has 0 radical (unpaired) electrons. The van der Waals surface area contributed by atoms with Gasteiger partial charge < -0.3 is 10.2 Å². The Morgan fingerprint density at radius 1 is 1.17 bits per heavy atom. The molecular formula is C19H26N4. The van der Waals surface area contributed by atoms with E-state index >= 15 is 0 Å². The maximum atomic E-state index is 4.76. The van der Waals surface area contributed by atoms with E-state index in [1.165, 1.54) is 24.0 Å². The van der Waals surface area contributed by atoms with E-state index in [9.17, 15) is 0 Å². The van der Waals surface area contributed by atoms with Gasteiger partial charge in [-0.05, 0) is 56.7 Å². The van der Waals surface area contributed by atoms with Crippen molar-refractivity contribution in [3.8, 4) is 0 Å². The van der Waals surface area contributed by atoms with Crippen LogP contribution >= 0.6 is 0 Å². The van der Waals surface area contributed by atoms with E-state index in [1.807, 2.05) is 6.92 Å². The minimum Gasteiger partial charge on any atom is -0.356 e. The highest BCUT2D eigenvalue weighted by Crippen LogP contribution is 2.25. The highest BCUT2D eigenvalue weighted by atomic mass is 15.2. The van der Waals surface area contributed by atoms with Crippen molar-refractivity contribution in [2.75, 3.05) is 23.3 Å². The SMILES string of the molecule is Cc1cc(N2CCCC(C)C2)nc(Nc2cccc(C)c2C)n1. The smallest absolute Gasteiger partial charge is 0.229 e. The van der Waals surface area contributed by atoms with Crippen molar-refractivity contribution >= 4 is 17.5 Å². The van der Waals surface area contributed by atoms with E-state index in [-0.39, 0.29) is 0 Å². The first-order chi connectivity index (χ1) is 11.0. The fourth-order valence-corrected chi connectivity index (χ4v) is 3.17. The minimum atomic E-state index is 0.687. The van der Waals surface area contributed by atoms with Crippen molar-refractivity contribution in [1.29, 1.82) is 0 Å². The van der Waals surface area contributed by atoms with Crippen LogP contribution < -0.4 is 10.2 Å². The molecule has 2 heterocycles. The molecule has 4 heteroatoms. The lowest BCUT2D eigenvalue weighted by Crippen LogP contribution is -2.35. The topological polar surface area (TPSA) is 41.1 Å². The van der Waals surface area contributed by atoms with E-state index in [0.29, 0.717) is 5.95 Å². The Bertz CT molecular complexity index is 696. The van der Waals surface area contributed by atoms with Crippen LogP contribution in [0.25, 0.3) is 0 Å². The number of hydrogen-bond acceptors (Lipinski definition) is 4. The predicted molar refractivity (Wildman–Crippen MR) is 96.6 cm³/mol. The summed E-state index contributed by atoms with van der Waals surface area (Å²) in [5.74, 6) is 2.46. The van der Waals surface area contributed by atoms with Crippen LogP contribution in [0.3, 0.4) is 0 Å². The summed E-state index contributed by atoms with van der Waals surface area (Å²) < 4.78 is 0. The summed E-state index contributed by atoms with van der Waals surface area (Å²) in [6.45, 7) is 10.8. The third-order valence-electron chi connectivity index (χ3n) is 4.67. The van der Waals surface area contributed by atoms with Gasteiger partial charge in [0.25, 0.3) is 0 Å². The molecule has 1 aliphatic rings. The predicted octanol–water partition coefficient (Wildman–Crippen LogP) is 4.38. The Morgan fingerprint density at radius 2 is 2.00 bits per heavy atom. The molecule has 122 valence electrons. The number of rotatable bonds is 3. The average molecular weight is 310 g/mol. The lowest BCUT2D eigenvalue weighted by molar-refractivity contribution is 0.444. The quantitative estimate of drug-likeness (QED) is 0.913. The largest absolute Gasteiger partial charge is 0.356 e. The molecule has 1 aromatic heterocycles. The molecule has 1 N–H and O–H groups in total. The molecule has 0 saturated carbocycles. The highest BCUT2D eigenvalue weighted by Gasteiger charge is 2.18. The summed E-state index contributed by atoms with van der Waals surface area (Å²) in [7, 11) is 0. The minimum absolute atomic E-state index is 0.687. The van der Waals surface area contributed by atoms with Crippen LogP contribution in [-0.4, -0.2) is 23.1 Å². The number of nitrogens with zero attached hydrogens (tertiary/aromatic N) is 3. The molecule has 1 atom stereocenters. The van der Waals surface area contributed by atoms with Crippen LogP contribution in [0.5, 0.6) is 0 Å². The Kier molecular flexibility index (Phi) is 4.51. The van der Waals surface area contributed by atoms with Gasteiger partial charge in [0.05, 0.1) is 0 Å². The van der Waals surface area contributed by atoms with Crippen LogP contribution in [0.4, 0.5) is 17.5 Å². The molecule has 0 spiro atoms. The van der Waals surface area contributed by atoms with Crippen molar-refractivity contribution in [3.05, 3.63) is 41.1 Å². The summed E-state index contributed by atoms with van der Waals surface area (Å²) in [6.07, 6.45) is 2.55. The van der Waals surface area contributed by atoms with Gasteiger partial charge in [-0.1, -0.05) is 19.1 Å². The zero-order valence-electron chi connectivity index (χ0n) is 14.6. The van der Waals surface area contributed by atoms with E-state index in [4.69, 9.17) is 4.98 Å². The number of piperidine rings is 1. The van der Waals surface area contributed by atoms with E-state index in [2.05, 4.69) is 60.2 Å². The number of benzene rings is 1. The molecule has 1 aliphatic heterocycles. The van der Waals surface area contributed by atoms with Gasteiger partial charge in [0.2, 0.25) is 5.95 Å². The average Bonchev–Trinajstić information content (AvgIpc) is 2.51. The Balaban J connectivity index is 1.87. The van der Waals surface area contributed by atoms with Gasteiger partial charge in [-0.15, -0.1) is 0 Å². The van der Waals surface area contributed by atoms with Crippen molar-refractivity contribution in [3.63, 3.8) is 0 Å². The zero-order valence-corrected chi connectivity index (χ0v) is 14.6. The molecule has 1 aromatic carbocycles. The molecule has 1 unspecified atom stereocenters. The summed E-state index contributed by atoms with van der Waals surface area (Å²) in [4.78, 5) is 11.7. The van der Waals surface area contributed by atoms with Gasteiger partial charge in [0, 0.05) is 30.5 Å². The molecule has 4 nitrogen and oxygen atoms in total. The third kappa shape index (κ3) is 3.63. The molecule has 0 amide bonds. The van der Waals surface area contributed by atoms with Crippen molar-refractivity contribution in [2.45, 2.75) is 40.5 Å². The highest BCUT2D eigenvalue weighted by molar-refractivity contribution is 5.61. The summed E-state index contributed by atoms with van der Waals surface area (Å²) in [5, 5.41) is 3.40. The van der Waals surface area contributed by atoms with Gasteiger partial charge in [0.15, 0.2) is 0 Å². The molecule has 23 heavy (non-hydrogen) atoms. The zero-order chi connectivity index (χ0) is 16.4. The van der Waals surface area contributed by atoms with Crippen molar-refractivity contribution in [1.82, 2.24) is 9.97 Å². The first-order valence-corrected chi connectivity index (χ1v) is 8.47. The van der Waals surface area contributed by atoms with Crippen LogP contribution in [0.1, 0.15) is 36.6 Å². The Hall–Kier alpha value is -2.10.